The smallest absolute Gasteiger partial charge is 0.242 e. The first-order valence-electron chi connectivity index (χ1n) is 10.5. The van der Waals surface area contributed by atoms with Crippen LogP contribution in [0.15, 0.2) is 59.5 Å². The Balaban J connectivity index is 2.08. The van der Waals surface area contributed by atoms with E-state index in [0.29, 0.717) is 25.1 Å². The molecule has 1 atom stereocenters. The molecule has 162 valence electrons. The molecule has 1 N–H and O–H groups in total. The molecule has 0 aliphatic heterocycles. The summed E-state index contributed by atoms with van der Waals surface area (Å²) >= 11 is 1.62. The van der Waals surface area contributed by atoms with E-state index in [2.05, 4.69) is 12.2 Å². The second-order valence-electron chi connectivity index (χ2n) is 7.13. The van der Waals surface area contributed by atoms with Gasteiger partial charge in [0.25, 0.3) is 0 Å². The number of nitrogens with one attached hydrogen (secondary N) is 1. The highest BCUT2D eigenvalue weighted by Crippen LogP contribution is 2.20. The summed E-state index contributed by atoms with van der Waals surface area (Å²) in [5.74, 6) is 0.119. The van der Waals surface area contributed by atoms with Gasteiger partial charge in [0, 0.05) is 30.2 Å². The van der Waals surface area contributed by atoms with E-state index in [4.69, 9.17) is 0 Å². The molecule has 0 aliphatic rings. The standard InChI is InChI=1S/C24H31FN2O2S/c1-3-5-16-26-24(29)22(4-2)27(18-19-11-13-20(25)14-12-19)23(28)15-17-30-21-9-7-6-8-10-21/h6-14,22H,3-5,15-18H2,1-2H3,(H,26,29). The van der Waals surface area contributed by atoms with E-state index < -0.39 is 6.04 Å². The van der Waals surface area contributed by atoms with Crippen LogP contribution in [-0.2, 0) is 16.1 Å². The predicted octanol–water partition coefficient (Wildman–Crippen LogP) is 5.03. The molecule has 0 saturated heterocycles. The highest BCUT2D eigenvalue weighted by Gasteiger charge is 2.28. The third-order valence-electron chi connectivity index (χ3n) is 4.81. The van der Waals surface area contributed by atoms with Gasteiger partial charge in [0.05, 0.1) is 0 Å². The van der Waals surface area contributed by atoms with E-state index in [1.54, 1.807) is 28.8 Å². The van der Waals surface area contributed by atoms with Gasteiger partial charge in [0.1, 0.15) is 11.9 Å². The zero-order chi connectivity index (χ0) is 21.8. The number of nitrogens with zero attached hydrogens (tertiary/aromatic N) is 1. The van der Waals surface area contributed by atoms with Crippen molar-refractivity contribution in [1.82, 2.24) is 10.2 Å². The van der Waals surface area contributed by atoms with Crippen LogP contribution in [0.3, 0.4) is 0 Å². The summed E-state index contributed by atoms with van der Waals surface area (Å²) < 4.78 is 13.3. The quantitative estimate of drug-likeness (QED) is 0.379. The van der Waals surface area contributed by atoms with Crippen molar-refractivity contribution in [3.05, 3.63) is 66.0 Å². The molecule has 6 heteroatoms. The third kappa shape index (κ3) is 7.82. The van der Waals surface area contributed by atoms with Gasteiger partial charge in [-0.3, -0.25) is 9.59 Å². The van der Waals surface area contributed by atoms with Crippen molar-refractivity contribution in [1.29, 1.82) is 0 Å². The van der Waals surface area contributed by atoms with Crippen molar-refractivity contribution >= 4 is 23.6 Å². The topological polar surface area (TPSA) is 49.4 Å². The molecule has 0 heterocycles. The summed E-state index contributed by atoms with van der Waals surface area (Å²) in [6, 6.07) is 15.5. The zero-order valence-corrected chi connectivity index (χ0v) is 18.6. The maximum atomic E-state index is 13.3. The molecule has 0 fully saturated rings. The Bertz CT molecular complexity index is 784. The normalized spacial score (nSPS) is 11.7. The lowest BCUT2D eigenvalue weighted by molar-refractivity contribution is -0.141. The number of hydrogen-bond acceptors (Lipinski definition) is 3. The lowest BCUT2D eigenvalue weighted by atomic mass is 10.1. The Morgan fingerprint density at radius 2 is 1.77 bits per heavy atom. The third-order valence-corrected chi connectivity index (χ3v) is 5.82. The van der Waals surface area contributed by atoms with Crippen LogP contribution in [0, 0.1) is 5.82 Å². The average molecular weight is 431 g/mol. The highest BCUT2D eigenvalue weighted by molar-refractivity contribution is 7.99. The lowest BCUT2D eigenvalue weighted by Crippen LogP contribution is -2.49. The van der Waals surface area contributed by atoms with Crippen LogP contribution in [-0.4, -0.2) is 35.1 Å². The van der Waals surface area contributed by atoms with Gasteiger partial charge >= 0.3 is 0 Å². The van der Waals surface area contributed by atoms with Crippen molar-refractivity contribution in [3.63, 3.8) is 0 Å². The molecule has 1 unspecified atom stereocenters. The van der Waals surface area contributed by atoms with Gasteiger partial charge in [0.15, 0.2) is 0 Å². The van der Waals surface area contributed by atoms with Crippen LogP contribution in [0.25, 0.3) is 0 Å². The Morgan fingerprint density at radius 3 is 2.40 bits per heavy atom. The first-order valence-corrected chi connectivity index (χ1v) is 11.5. The Kier molecular flexibility index (Phi) is 10.4. The van der Waals surface area contributed by atoms with Crippen molar-refractivity contribution in [3.8, 4) is 0 Å². The first-order chi connectivity index (χ1) is 14.5. The van der Waals surface area contributed by atoms with Gasteiger partial charge in [-0.25, -0.2) is 4.39 Å². The SMILES string of the molecule is CCCCNC(=O)C(CC)N(Cc1ccc(F)cc1)C(=O)CCSc1ccccc1. The van der Waals surface area contributed by atoms with Gasteiger partial charge < -0.3 is 10.2 Å². The summed E-state index contributed by atoms with van der Waals surface area (Å²) in [6.45, 7) is 4.87. The summed E-state index contributed by atoms with van der Waals surface area (Å²) in [5, 5.41) is 2.95. The summed E-state index contributed by atoms with van der Waals surface area (Å²) in [7, 11) is 0. The summed E-state index contributed by atoms with van der Waals surface area (Å²) in [5.41, 5.74) is 0.806. The number of halogens is 1. The molecule has 2 rings (SSSR count). The van der Waals surface area contributed by atoms with Crippen LogP contribution < -0.4 is 5.32 Å². The van der Waals surface area contributed by atoms with Crippen LogP contribution >= 0.6 is 11.8 Å². The van der Waals surface area contributed by atoms with Crippen LogP contribution in [0.2, 0.25) is 0 Å². The maximum Gasteiger partial charge on any atom is 0.242 e. The molecule has 4 nitrogen and oxygen atoms in total. The lowest BCUT2D eigenvalue weighted by Gasteiger charge is -2.30. The molecule has 2 amide bonds. The number of rotatable bonds is 12. The Hall–Kier alpha value is -2.34. The minimum absolute atomic E-state index is 0.0692. The molecule has 2 aromatic rings. The number of thioether (sulfide) groups is 1. The van der Waals surface area contributed by atoms with Gasteiger partial charge in [-0.15, -0.1) is 11.8 Å². The molecule has 0 radical (unpaired) electrons. The molecule has 0 bridgehead atoms. The van der Waals surface area contributed by atoms with E-state index in [1.165, 1.54) is 12.1 Å². The fourth-order valence-corrected chi connectivity index (χ4v) is 3.99. The van der Waals surface area contributed by atoms with Gasteiger partial charge in [0.2, 0.25) is 11.8 Å². The highest BCUT2D eigenvalue weighted by atomic mass is 32.2. The van der Waals surface area contributed by atoms with Gasteiger partial charge in [-0.05, 0) is 42.7 Å². The first kappa shape index (κ1) is 23.9. The van der Waals surface area contributed by atoms with E-state index >= 15 is 0 Å². The number of carbonyl (C=O) groups excluding carboxylic acids is 2. The molecule has 2 aromatic carbocycles. The molecular weight excluding hydrogens is 399 g/mol. The molecular formula is C24H31FN2O2S. The Labute approximate surface area is 183 Å². The zero-order valence-electron chi connectivity index (χ0n) is 17.8. The number of benzene rings is 2. The number of hydrogen-bond donors (Lipinski definition) is 1. The number of carbonyl (C=O) groups is 2. The second-order valence-corrected chi connectivity index (χ2v) is 8.30. The molecule has 0 aliphatic carbocycles. The minimum atomic E-state index is -0.541. The van der Waals surface area contributed by atoms with Gasteiger partial charge in [-0.1, -0.05) is 50.6 Å². The average Bonchev–Trinajstić information content (AvgIpc) is 2.76. The fourth-order valence-electron chi connectivity index (χ4n) is 3.13. The molecule has 0 saturated carbocycles. The van der Waals surface area contributed by atoms with Gasteiger partial charge in [-0.2, -0.15) is 0 Å². The van der Waals surface area contributed by atoms with E-state index in [0.717, 1.165) is 23.3 Å². The van der Waals surface area contributed by atoms with Crippen molar-refractivity contribution in [2.24, 2.45) is 0 Å². The van der Waals surface area contributed by atoms with E-state index in [-0.39, 0.29) is 24.2 Å². The van der Waals surface area contributed by atoms with Crippen LogP contribution in [0.1, 0.15) is 45.1 Å². The van der Waals surface area contributed by atoms with Crippen molar-refractivity contribution in [2.45, 2.75) is 57.0 Å². The van der Waals surface area contributed by atoms with E-state index in [1.807, 2.05) is 37.3 Å². The van der Waals surface area contributed by atoms with Crippen molar-refractivity contribution in [2.75, 3.05) is 12.3 Å². The largest absolute Gasteiger partial charge is 0.354 e. The number of unbranched alkanes of at least 4 members (excludes halogenated alkanes) is 1. The summed E-state index contributed by atoms with van der Waals surface area (Å²) in [6.07, 6.45) is 2.75. The van der Waals surface area contributed by atoms with Crippen LogP contribution in [0.4, 0.5) is 4.39 Å². The predicted molar refractivity (Wildman–Crippen MR) is 121 cm³/mol. The molecule has 0 aromatic heterocycles. The molecule has 0 spiro atoms. The molecule has 30 heavy (non-hydrogen) atoms. The summed E-state index contributed by atoms with van der Waals surface area (Å²) in [4.78, 5) is 28.6. The fraction of sp³-hybridized carbons (Fsp3) is 0.417. The minimum Gasteiger partial charge on any atom is -0.354 e. The Morgan fingerprint density at radius 1 is 1.07 bits per heavy atom. The van der Waals surface area contributed by atoms with E-state index in [9.17, 15) is 14.0 Å². The van der Waals surface area contributed by atoms with Crippen molar-refractivity contribution < 1.29 is 14.0 Å². The second kappa shape index (κ2) is 13.1. The maximum absolute atomic E-state index is 13.3. The monoisotopic (exact) mass is 430 g/mol. The number of amides is 2. The van der Waals surface area contributed by atoms with Crippen LogP contribution in [0.5, 0.6) is 0 Å².